The Morgan fingerprint density at radius 3 is 2.60 bits per heavy atom. The number of nitrogens with two attached hydrogens (primary N) is 1. The predicted octanol–water partition coefficient (Wildman–Crippen LogP) is 2.83. The van der Waals surface area contributed by atoms with Crippen molar-refractivity contribution in [2.75, 3.05) is 19.6 Å². The summed E-state index contributed by atoms with van der Waals surface area (Å²) in [4.78, 5) is 10.2. The Morgan fingerprint density at radius 1 is 1.25 bits per heavy atom. The Labute approximate surface area is 124 Å². The Morgan fingerprint density at radius 2 is 1.95 bits per heavy atom. The molecule has 0 bridgehead atoms. The van der Waals surface area contributed by atoms with Crippen molar-refractivity contribution in [1.82, 2.24) is 14.9 Å². The summed E-state index contributed by atoms with van der Waals surface area (Å²) in [5, 5.41) is 0.534. The molecule has 0 saturated carbocycles. The number of nitrogens with one attached hydrogen (secondary N) is 1. The molecule has 1 aromatic carbocycles. The van der Waals surface area contributed by atoms with E-state index in [4.69, 9.17) is 17.3 Å². The lowest BCUT2D eigenvalue weighted by molar-refractivity contribution is 0.247. The second kappa shape index (κ2) is 5.95. The van der Waals surface area contributed by atoms with Gasteiger partial charge in [0.05, 0.1) is 11.7 Å². The third-order valence-electron chi connectivity index (χ3n) is 3.87. The van der Waals surface area contributed by atoms with Crippen LogP contribution < -0.4 is 5.73 Å². The molecule has 0 amide bonds. The van der Waals surface area contributed by atoms with Gasteiger partial charge in [0.25, 0.3) is 0 Å². The lowest BCUT2D eigenvalue weighted by Gasteiger charge is -2.25. The van der Waals surface area contributed by atoms with Crippen LogP contribution in [0.15, 0.2) is 30.3 Å². The highest BCUT2D eigenvalue weighted by atomic mass is 35.5. The van der Waals surface area contributed by atoms with Crippen molar-refractivity contribution in [2.24, 2.45) is 5.73 Å². The van der Waals surface area contributed by atoms with Gasteiger partial charge in [-0.1, -0.05) is 41.9 Å². The van der Waals surface area contributed by atoms with E-state index < -0.39 is 0 Å². The molecule has 2 heterocycles. The maximum Gasteiger partial charge on any atom is 0.152 e. The van der Waals surface area contributed by atoms with E-state index in [1.165, 1.54) is 12.8 Å². The molecule has 1 atom stereocenters. The fourth-order valence-corrected chi connectivity index (χ4v) is 3.08. The molecule has 0 spiro atoms. The van der Waals surface area contributed by atoms with Crippen LogP contribution in [-0.4, -0.2) is 34.5 Å². The number of imidazole rings is 1. The Bertz CT molecular complexity index is 561. The van der Waals surface area contributed by atoms with Crippen molar-refractivity contribution in [2.45, 2.75) is 18.9 Å². The Kier molecular flexibility index (Phi) is 4.05. The number of halogens is 1. The minimum Gasteiger partial charge on any atom is -0.339 e. The van der Waals surface area contributed by atoms with Gasteiger partial charge in [-0.2, -0.15) is 0 Å². The maximum atomic E-state index is 6.32. The molecular weight excluding hydrogens is 272 g/mol. The van der Waals surface area contributed by atoms with Crippen LogP contribution in [0.4, 0.5) is 0 Å². The number of hydrogen-bond donors (Lipinski definition) is 2. The molecule has 1 aromatic heterocycles. The number of H-pyrrole nitrogens is 1. The molecule has 5 heteroatoms. The number of nitrogens with zero attached hydrogens (tertiary/aromatic N) is 2. The van der Waals surface area contributed by atoms with E-state index in [1.807, 2.05) is 30.3 Å². The molecule has 3 rings (SSSR count). The van der Waals surface area contributed by atoms with Gasteiger partial charge in [-0.05, 0) is 25.9 Å². The topological polar surface area (TPSA) is 57.9 Å². The molecule has 0 aliphatic carbocycles. The number of aromatic nitrogens is 2. The fraction of sp³-hybridized carbons (Fsp3) is 0.400. The van der Waals surface area contributed by atoms with Crippen LogP contribution in [0.1, 0.15) is 24.6 Å². The number of likely N-dealkylation sites (tertiary alicyclic amines) is 1. The molecule has 1 aliphatic heterocycles. The third kappa shape index (κ3) is 2.59. The highest BCUT2D eigenvalue weighted by Crippen LogP contribution is 2.30. The lowest BCUT2D eigenvalue weighted by atomic mass is 10.2. The summed E-state index contributed by atoms with van der Waals surface area (Å²) < 4.78 is 0. The molecule has 3 N–H and O–H groups in total. The van der Waals surface area contributed by atoms with Crippen molar-refractivity contribution in [1.29, 1.82) is 0 Å². The number of benzene rings is 1. The SMILES string of the molecule is NCC(c1[nH]c(-c2ccccc2)nc1Cl)N1CCCC1. The van der Waals surface area contributed by atoms with Crippen LogP contribution in [0.25, 0.3) is 11.4 Å². The van der Waals surface area contributed by atoms with Crippen molar-refractivity contribution in [3.63, 3.8) is 0 Å². The van der Waals surface area contributed by atoms with E-state index in [9.17, 15) is 0 Å². The second-order valence-electron chi connectivity index (χ2n) is 5.15. The van der Waals surface area contributed by atoms with Gasteiger partial charge < -0.3 is 10.7 Å². The first-order valence-corrected chi connectivity index (χ1v) is 7.42. The largest absolute Gasteiger partial charge is 0.339 e. The maximum absolute atomic E-state index is 6.32. The van der Waals surface area contributed by atoms with Gasteiger partial charge >= 0.3 is 0 Å². The molecule has 1 aliphatic rings. The summed E-state index contributed by atoms with van der Waals surface area (Å²) in [5.74, 6) is 0.809. The lowest BCUT2D eigenvalue weighted by Crippen LogP contribution is -2.31. The fourth-order valence-electron chi connectivity index (χ4n) is 2.82. The van der Waals surface area contributed by atoms with Crippen LogP contribution in [0.5, 0.6) is 0 Å². The van der Waals surface area contributed by atoms with Gasteiger partial charge in [0.15, 0.2) is 5.15 Å². The molecule has 4 nitrogen and oxygen atoms in total. The highest BCUT2D eigenvalue weighted by Gasteiger charge is 2.26. The third-order valence-corrected chi connectivity index (χ3v) is 4.16. The normalized spacial score (nSPS) is 17.5. The van der Waals surface area contributed by atoms with E-state index in [1.54, 1.807) is 0 Å². The monoisotopic (exact) mass is 290 g/mol. The van der Waals surface area contributed by atoms with Gasteiger partial charge in [-0.3, -0.25) is 4.90 Å². The summed E-state index contributed by atoms with van der Waals surface area (Å²) >= 11 is 6.32. The van der Waals surface area contributed by atoms with Crippen molar-refractivity contribution >= 4 is 11.6 Å². The number of hydrogen-bond acceptors (Lipinski definition) is 3. The van der Waals surface area contributed by atoms with E-state index >= 15 is 0 Å². The standard InChI is InChI=1S/C15H19ClN4/c16-14-13(12(10-17)20-8-4-5-9-20)18-15(19-14)11-6-2-1-3-7-11/h1-3,6-7,12H,4-5,8-10,17H2,(H,18,19). The zero-order valence-corrected chi connectivity index (χ0v) is 12.1. The van der Waals surface area contributed by atoms with Crippen molar-refractivity contribution in [3.8, 4) is 11.4 Å². The first-order valence-electron chi connectivity index (χ1n) is 7.04. The van der Waals surface area contributed by atoms with Crippen LogP contribution >= 0.6 is 11.6 Å². The zero-order valence-electron chi connectivity index (χ0n) is 11.3. The molecule has 1 fully saturated rings. The molecule has 106 valence electrons. The van der Waals surface area contributed by atoms with Gasteiger partial charge in [0, 0.05) is 12.1 Å². The van der Waals surface area contributed by atoms with Gasteiger partial charge in [0.1, 0.15) is 5.82 Å². The number of rotatable bonds is 4. The molecular formula is C15H19ClN4. The molecule has 1 unspecified atom stereocenters. The Balaban J connectivity index is 1.91. The average Bonchev–Trinajstić information content (AvgIpc) is 3.12. The molecule has 1 saturated heterocycles. The van der Waals surface area contributed by atoms with E-state index in [-0.39, 0.29) is 6.04 Å². The second-order valence-corrected chi connectivity index (χ2v) is 5.51. The number of aromatic amines is 1. The smallest absolute Gasteiger partial charge is 0.152 e. The first-order chi connectivity index (χ1) is 9.79. The summed E-state index contributed by atoms with van der Waals surface area (Å²) in [5.41, 5.74) is 7.93. The van der Waals surface area contributed by atoms with Crippen LogP contribution in [-0.2, 0) is 0 Å². The zero-order chi connectivity index (χ0) is 13.9. The highest BCUT2D eigenvalue weighted by molar-refractivity contribution is 6.30. The first kappa shape index (κ1) is 13.6. The van der Waals surface area contributed by atoms with Gasteiger partial charge in [0.2, 0.25) is 0 Å². The van der Waals surface area contributed by atoms with Crippen molar-refractivity contribution in [3.05, 3.63) is 41.2 Å². The predicted molar refractivity (Wildman–Crippen MR) is 81.6 cm³/mol. The van der Waals surface area contributed by atoms with E-state index in [2.05, 4.69) is 14.9 Å². The van der Waals surface area contributed by atoms with Crippen LogP contribution in [0.3, 0.4) is 0 Å². The molecule has 20 heavy (non-hydrogen) atoms. The minimum absolute atomic E-state index is 0.134. The Hall–Kier alpha value is -1.36. The quantitative estimate of drug-likeness (QED) is 0.910. The van der Waals surface area contributed by atoms with E-state index in [0.717, 1.165) is 30.2 Å². The summed E-state index contributed by atoms with van der Waals surface area (Å²) in [6.07, 6.45) is 2.46. The van der Waals surface area contributed by atoms with Gasteiger partial charge in [-0.25, -0.2) is 4.98 Å². The summed E-state index contributed by atoms with van der Waals surface area (Å²) in [6.45, 7) is 2.71. The summed E-state index contributed by atoms with van der Waals surface area (Å²) in [6, 6.07) is 10.1. The van der Waals surface area contributed by atoms with Gasteiger partial charge in [-0.15, -0.1) is 0 Å². The van der Waals surface area contributed by atoms with Crippen molar-refractivity contribution < 1.29 is 0 Å². The average molecular weight is 291 g/mol. The van der Waals surface area contributed by atoms with Crippen LogP contribution in [0.2, 0.25) is 5.15 Å². The minimum atomic E-state index is 0.134. The molecule has 0 radical (unpaired) electrons. The van der Waals surface area contributed by atoms with Crippen LogP contribution in [0, 0.1) is 0 Å². The molecule has 2 aromatic rings. The van der Waals surface area contributed by atoms with E-state index in [0.29, 0.717) is 11.7 Å². The summed E-state index contributed by atoms with van der Waals surface area (Å²) in [7, 11) is 0.